The van der Waals surface area contributed by atoms with Crippen LogP contribution < -0.4 is 5.32 Å². The summed E-state index contributed by atoms with van der Waals surface area (Å²) >= 11 is 7.56. The van der Waals surface area contributed by atoms with Crippen molar-refractivity contribution in [3.8, 4) is 0 Å². The number of thioether (sulfide) groups is 1. The van der Waals surface area contributed by atoms with Crippen molar-refractivity contribution in [2.75, 3.05) is 17.8 Å². The summed E-state index contributed by atoms with van der Waals surface area (Å²) < 4.78 is 23.2. The monoisotopic (exact) mass is 355 g/mol. The Balaban J connectivity index is 2.33. The van der Waals surface area contributed by atoms with Crippen LogP contribution in [0.5, 0.6) is 0 Å². The summed E-state index contributed by atoms with van der Waals surface area (Å²) in [4.78, 5) is 13.4. The van der Waals surface area contributed by atoms with Crippen LogP contribution in [0.4, 0.5) is 5.69 Å². The van der Waals surface area contributed by atoms with Crippen LogP contribution in [0.1, 0.15) is 10.4 Å². The Morgan fingerprint density at radius 3 is 2.55 bits per heavy atom. The summed E-state index contributed by atoms with van der Waals surface area (Å²) in [6.45, 7) is 0. The van der Waals surface area contributed by atoms with Gasteiger partial charge in [-0.1, -0.05) is 17.7 Å². The highest BCUT2D eigenvalue weighted by Crippen LogP contribution is 2.23. The highest BCUT2D eigenvalue weighted by atomic mass is 35.5. The molecule has 0 aliphatic rings. The third-order valence-corrected chi connectivity index (χ3v) is 5.10. The van der Waals surface area contributed by atoms with Crippen LogP contribution in [0, 0.1) is 0 Å². The van der Waals surface area contributed by atoms with E-state index in [0.717, 1.165) is 11.2 Å². The van der Waals surface area contributed by atoms with Gasteiger partial charge in [0.25, 0.3) is 5.91 Å². The van der Waals surface area contributed by atoms with E-state index >= 15 is 0 Å². The van der Waals surface area contributed by atoms with Crippen molar-refractivity contribution in [3.63, 3.8) is 0 Å². The first-order valence-electron chi connectivity index (χ1n) is 6.26. The first-order chi connectivity index (χ1) is 10.3. The molecule has 4 nitrogen and oxygen atoms in total. The molecule has 0 bridgehead atoms. The van der Waals surface area contributed by atoms with Crippen LogP contribution in [0.2, 0.25) is 5.02 Å². The maximum atomic E-state index is 12.3. The molecule has 2 rings (SSSR count). The molecule has 116 valence electrons. The van der Waals surface area contributed by atoms with Gasteiger partial charge in [-0.05, 0) is 42.7 Å². The molecule has 0 unspecified atom stereocenters. The molecular formula is C15H14ClNO3S2. The zero-order chi connectivity index (χ0) is 16.3. The fraction of sp³-hybridized carbons (Fsp3) is 0.133. The van der Waals surface area contributed by atoms with Crippen molar-refractivity contribution in [2.45, 2.75) is 9.79 Å². The van der Waals surface area contributed by atoms with Gasteiger partial charge < -0.3 is 5.32 Å². The molecule has 0 aliphatic heterocycles. The lowest BCUT2D eigenvalue weighted by atomic mass is 10.2. The minimum Gasteiger partial charge on any atom is -0.322 e. The van der Waals surface area contributed by atoms with Crippen molar-refractivity contribution in [3.05, 3.63) is 53.1 Å². The van der Waals surface area contributed by atoms with Crippen LogP contribution in [0.3, 0.4) is 0 Å². The number of hydrogen-bond acceptors (Lipinski definition) is 4. The minimum atomic E-state index is -3.40. The highest BCUT2D eigenvalue weighted by Gasteiger charge is 2.15. The summed E-state index contributed by atoms with van der Waals surface area (Å²) in [5.41, 5.74) is 0.747. The maximum Gasteiger partial charge on any atom is 0.257 e. The van der Waals surface area contributed by atoms with E-state index < -0.39 is 15.7 Å². The second-order valence-electron chi connectivity index (χ2n) is 4.60. The van der Waals surface area contributed by atoms with Gasteiger partial charge in [-0.15, -0.1) is 11.8 Å². The molecule has 0 radical (unpaired) electrons. The normalized spacial score (nSPS) is 11.2. The third kappa shape index (κ3) is 4.03. The fourth-order valence-corrected chi connectivity index (χ4v) is 3.12. The molecule has 0 saturated heterocycles. The second kappa shape index (κ2) is 6.73. The minimum absolute atomic E-state index is 0.0555. The summed E-state index contributed by atoms with van der Waals surface area (Å²) in [6.07, 6.45) is 3.02. The van der Waals surface area contributed by atoms with Gasteiger partial charge in [-0.2, -0.15) is 0 Å². The lowest BCUT2D eigenvalue weighted by molar-refractivity contribution is 0.102. The predicted molar refractivity (Wildman–Crippen MR) is 90.7 cm³/mol. The van der Waals surface area contributed by atoms with Crippen LogP contribution >= 0.6 is 23.4 Å². The lowest BCUT2D eigenvalue weighted by Crippen LogP contribution is -2.13. The molecule has 0 aromatic heterocycles. The van der Waals surface area contributed by atoms with Gasteiger partial charge in [0.05, 0.1) is 15.5 Å². The third-order valence-electron chi connectivity index (χ3n) is 2.94. The van der Waals surface area contributed by atoms with E-state index in [1.807, 2.05) is 24.5 Å². The average Bonchev–Trinajstić information content (AvgIpc) is 2.46. The zero-order valence-corrected chi connectivity index (χ0v) is 14.3. The molecule has 2 aromatic carbocycles. The van der Waals surface area contributed by atoms with E-state index in [2.05, 4.69) is 5.32 Å². The lowest BCUT2D eigenvalue weighted by Gasteiger charge is -2.09. The Kier molecular flexibility index (Phi) is 5.16. The summed E-state index contributed by atoms with van der Waals surface area (Å²) in [7, 11) is -3.40. The Labute approximate surface area is 138 Å². The average molecular weight is 356 g/mol. The zero-order valence-electron chi connectivity index (χ0n) is 12.0. The molecule has 0 spiro atoms. The van der Waals surface area contributed by atoms with Gasteiger partial charge in [-0.3, -0.25) is 4.79 Å². The standard InChI is InChI=1S/C15H14ClNO3S2/c1-21-11-5-3-4-10(8-11)17-15(18)13-9-12(22(2,19)20)6-7-14(13)16/h3-9H,1-2H3,(H,17,18). The summed E-state index contributed by atoms with van der Waals surface area (Å²) in [5.74, 6) is -0.450. The Morgan fingerprint density at radius 2 is 1.91 bits per heavy atom. The topological polar surface area (TPSA) is 63.2 Å². The molecule has 2 aromatic rings. The van der Waals surface area contributed by atoms with E-state index in [1.54, 1.807) is 17.8 Å². The van der Waals surface area contributed by atoms with E-state index in [-0.39, 0.29) is 15.5 Å². The Hall–Kier alpha value is -1.50. The largest absolute Gasteiger partial charge is 0.322 e. The molecule has 0 atom stereocenters. The van der Waals surface area contributed by atoms with Gasteiger partial charge >= 0.3 is 0 Å². The number of amides is 1. The second-order valence-corrected chi connectivity index (χ2v) is 7.90. The number of rotatable bonds is 4. The first-order valence-corrected chi connectivity index (χ1v) is 9.75. The number of anilines is 1. The number of nitrogens with one attached hydrogen (secondary N) is 1. The van der Waals surface area contributed by atoms with Gasteiger partial charge in [0.1, 0.15) is 0 Å². The number of halogens is 1. The van der Waals surface area contributed by atoms with Crippen molar-refractivity contribution < 1.29 is 13.2 Å². The van der Waals surface area contributed by atoms with Crippen LogP contribution in [-0.4, -0.2) is 26.8 Å². The molecule has 0 aliphatic carbocycles. The van der Waals surface area contributed by atoms with E-state index in [4.69, 9.17) is 11.6 Å². The quantitative estimate of drug-likeness (QED) is 0.849. The number of benzene rings is 2. The Bertz CT molecular complexity index is 819. The first kappa shape index (κ1) is 16.9. The van der Waals surface area contributed by atoms with E-state index in [9.17, 15) is 13.2 Å². The number of hydrogen-bond donors (Lipinski definition) is 1. The number of carbonyl (C=O) groups excluding carboxylic acids is 1. The van der Waals surface area contributed by atoms with Crippen LogP contribution in [0.15, 0.2) is 52.3 Å². The molecule has 22 heavy (non-hydrogen) atoms. The maximum absolute atomic E-state index is 12.3. The summed E-state index contributed by atoms with van der Waals surface area (Å²) in [6, 6.07) is 11.4. The van der Waals surface area contributed by atoms with Gasteiger partial charge in [0.15, 0.2) is 9.84 Å². The highest BCUT2D eigenvalue weighted by molar-refractivity contribution is 7.98. The summed E-state index contributed by atoms with van der Waals surface area (Å²) in [5, 5.41) is 2.92. The van der Waals surface area contributed by atoms with Gasteiger partial charge in [-0.25, -0.2) is 8.42 Å². The van der Waals surface area contributed by atoms with Crippen molar-refractivity contribution in [2.24, 2.45) is 0 Å². The number of sulfone groups is 1. The Morgan fingerprint density at radius 1 is 1.18 bits per heavy atom. The van der Waals surface area contributed by atoms with Crippen molar-refractivity contribution in [1.82, 2.24) is 0 Å². The van der Waals surface area contributed by atoms with Crippen molar-refractivity contribution >= 4 is 44.8 Å². The molecule has 0 saturated carbocycles. The van der Waals surface area contributed by atoms with Gasteiger partial charge in [0.2, 0.25) is 0 Å². The predicted octanol–water partition coefficient (Wildman–Crippen LogP) is 3.72. The van der Waals surface area contributed by atoms with Crippen LogP contribution in [-0.2, 0) is 9.84 Å². The van der Waals surface area contributed by atoms with E-state index in [1.165, 1.54) is 18.2 Å². The molecular weight excluding hydrogens is 342 g/mol. The smallest absolute Gasteiger partial charge is 0.257 e. The molecule has 0 heterocycles. The molecule has 0 fully saturated rings. The molecule has 1 amide bonds. The SMILES string of the molecule is CSc1cccc(NC(=O)c2cc(S(C)(=O)=O)ccc2Cl)c1. The van der Waals surface area contributed by atoms with E-state index in [0.29, 0.717) is 5.69 Å². The van der Waals surface area contributed by atoms with Crippen LogP contribution in [0.25, 0.3) is 0 Å². The molecule has 7 heteroatoms. The van der Waals surface area contributed by atoms with Crippen molar-refractivity contribution in [1.29, 1.82) is 0 Å². The molecule has 1 N–H and O–H groups in total. The van der Waals surface area contributed by atoms with Gasteiger partial charge in [0, 0.05) is 16.8 Å². The number of carbonyl (C=O) groups is 1. The fourth-order valence-electron chi connectivity index (χ4n) is 1.81.